The molecule has 1 aliphatic heterocycles. The van der Waals surface area contributed by atoms with Gasteiger partial charge in [-0.2, -0.15) is 0 Å². The summed E-state index contributed by atoms with van der Waals surface area (Å²) in [6.45, 7) is 6.57. The maximum absolute atomic E-state index is 6.22. The molecule has 3 heteroatoms. The first kappa shape index (κ1) is 11.3. The molecule has 0 spiro atoms. The van der Waals surface area contributed by atoms with E-state index in [9.17, 15) is 0 Å². The highest BCUT2D eigenvalue weighted by Gasteiger charge is 2.36. The van der Waals surface area contributed by atoms with Crippen molar-refractivity contribution < 1.29 is 0 Å². The fourth-order valence-corrected chi connectivity index (χ4v) is 2.79. The zero-order valence-electron chi connectivity index (χ0n) is 8.98. The highest BCUT2D eigenvalue weighted by molar-refractivity contribution is 6.35. The van der Waals surface area contributed by atoms with Crippen molar-refractivity contribution in [2.75, 3.05) is 13.1 Å². The van der Waals surface area contributed by atoms with Gasteiger partial charge in [-0.3, -0.25) is 0 Å². The monoisotopic (exact) mass is 243 g/mol. The Labute approximate surface area is 101 Å². The summed E-state index contributed by atoms with van der Waals surface area (Å²) in [5, 5.41) is 4.89. The molecule has 2 rings (SSSR count). The van der Waals surface area contributed by atoms with Crippen LogP contribution < -0.4 is 5.32 Å². The molecule has 0 saturated carbocycles. The minimum Gasteiger partial charge on any atom is -0.316 e. The van der Waals surface area contributed by atoms with E-state index < -0.39 is 0 Å². The van der Waals surface area contributed by atoms with Crippen LogP contribution in [0.4, 0.5) is 0 Å². The van der Waals surface area contributed by atoms with Crippen LogP contribution in [0.2, 0.25) is 10.0 Å². The summed E-state index contributed by atoms with van der Waals surface area (Å²) in [5.41, 5.74) is 1.47. The van der Waals surface area contributed by atoms with Gasteiger partial charge in [-0.05, 0) is 23.1 Å². The van der Waals surface area contributed by atoms with E-state index in [0.717, 1.165) is 18.1 Å². The summed E-state index contributed by atoms with van der Waals surface area (Å²) in [5.74, 6) is 0.474. The van der Waals surface area contributed by atoms with E-state index >= 15 is 0 Å². The van der Waals surface area contributed by atoms with Gasteiger partial charge in [-0.1, -0.05) is 43.1 Å². The van der Waals surface area contributed by atoms with E-state index in [2.05, 4.69) is 19.2 Å². The van der Waals surface area contributed by atoms with Gasteiger partial charge in [0.2, 0.25) is 0 Å². The minimum absolute atomic E-state index is 0.261. The lowest BCUT2D eigenvalue weighted by atomic mass is 9.78. The van der Waals surface area contributed by atoms with Crippen LogP contribution in [0.25, 0.3) is 0 Å². The van der Waals surface area contributed by atoms with Crippen molar-refractivity contribution in [3.8, 4) is 0 Å². The maximum atomic E-state index is 6.22. The smallest absolute Gasteiger partial charge is 0.0456 e. The molecule has 0 amide bonds. The van der Waals surface area contributed by atoms with Crippen molar-refractivity contribution in [2.24, 2.45) is 5.41 Å². The normalized spacial score (nSPS) is 24.4. The quantitative estimate of drug-likeness (QED) is 0.794. The zero-order chi connectivity index (χ0) is 11.1. The zero-order valence-corrected chi connectivity index (χ0v) is 10.5. The largest absolute Gasteiger partial charge is 0.316 e. The number of hydrogen-bond acceptors (Lipinski definition) is 1. The van der Waals surface area contributed by atoms with Gasteiger partial charge in [0.05, 0.1) is 0 Å². The molecular formula is C12H15Cl2N. The highest BCUT2D eigenvalue weighted by Crippen LogP contribution is 2.41. The average molecular weight is 244 g/mol. The molecule has 1 unspecified atom stereocenters. The van der Waals surface area contributed by atoms with Gasteiger partial charge in [0.15, 0.2) is 0 Å². The second-order valence-electron chi connectivity index (χ2n) is 4.84. The summed E-state index contributed by atoms with van der Waals surface area (Å²) in [4.78, 5) is 0. The molecule has 82 valence electrons. The predicted molar refractivity (Wildman–Crippen MR) is 65.9 cm³/mol. The van der Waals surface area contributed by atoms with Crippen LogP contribution in [0.3, 0.4) is 0 Å². The lowest BCUT2D eigenvalue weighted by Gasteiger charge is -2.26. The topological polar surface area (TPSA) is 12.0 Å². The third-order valence-corrected chi connectivity index (χ3v) is 3.77. The first-order valence-corrected chi connectivity index (χ1v) is 5.92. The summed E-state index contributed by atoms with van der Waals surface area (Å²) < 4.78 is 0. The van der Waals surface area contributed by atoms with Crippen molar-refractivity contribution in [1.82, 2.24) is 5.32 Å². The van der Waals surface area contributed by atoms with Crippen molar-refractivity contribution in [3.63, 3.8) is 0 Å². The fourth-order valence-electron chi connectivity index (χ4n) is 2.25. The number of rotatable bonds is 1. The number of halogens is 2. The van der Waals surface area contributed by atoms with Crippen LogP contribution >= 0.6 is 23.2 Å². The molecular weight excluding hydrogens is 229 g/mol. The molecule has 1 atom stereocenters. The van der Waals surface area contributed by atoms with Gasteiger partial charge < -0.3 is 5.32 Å². The lowest BCUT2D eigenvalue weighted by Crippen LogP contribution is -2.20. The Morgan fingerprint density at radius 1 is 1.33 bits per heavy atom. The van der Waals surface area contributed by atoms with Crippen molar-refractivity contribution in [1.29, 1.82) is 0 Å². The summed E-state index contributed by atoms with van der Waals surface area (Å²) in [7, 11) is 0. The van der Waals surface area contributed by atoms with Crippen molar-refractivity contribution in [2.45, 2.75) is 19.8 Å². The van der Waals surface area contributed by atoms with Crippen LogP contribution in [-0.2, 0) is 0 Å². The van der Waals surface area contributed by atoms with Crippen molar-refractivity contribution in [3.05, 3.63) is 33.8 Å². The Hall–Kier alpha value is -0.240. The SMILES string of the molecule is CC1(C)CNCC1c1ccc(Cl)cc1Cl. The molecule has 1 aromatic carbocycles. The predicted octanol–water partition coefficient (Wildman–Crippen LogP) is 3.71. The molecule has 15 heavy (non-hydrogen) atoms. The third-order valence-electron chi connectivity index (χ3n) is 3.21. The second-order valence-corrected chi connectivity index (χ2v) is 5.68. The number of benzene rings is 1. The van der Waals surface area contributed by atoms with E-state index in [-0.39, 0.29) is 5.41 Å². The van der Waals surface area contributed by atoms with E-state index in [1.807, 2.05) is 18.2 Å². The highest BCUT2D eigenvalue weighted by atomic mass is 35.5. The molecule has 1 nitrogen and oxygen atoms in total. The van der Waals surface area contributed by atoms with Crippen LogP contribution in [0.15, 0.2) is 18.2 Å². The van der Waals surface area contributed by atoms with Gasteiger partial charge >= 0.3 is 0 Å². The standard InChI is InChI=1S/C12H15Cl2N/c1-12(2)7-15-6-10(12)9-4-3-8(13)5-11(9)14/h3-5,10,15H,6-7H2,1-2H3. The maximum Gasteiger partial charge on any atom is 0.0456 e. The molecule has 1 fully saturated rings. The molecule has 0 aromatic heterocycles. The number of hydrogen-bond donors (Lipinski definition) is 1. The average Bonchev–Trinajstić information content (AvgIpc) is 2.46. The molecule has 1 saturated heterocycles. The first-order valence-electron chi connectivity index (χ1n) is 5.16. The van der Waals surface area contributed by atoms with E-state index in [4.69, 9.17) is 23.2 Å². The Morgan fingerprint density at radius 2 is 2.07 bits per heavy atom. The fraction of sp³-hybridized carbons (Fsp3) is 0.500. The lowest BCUT2D eigenvalue weighted by molar-refractivity contribution is 0.363. The minimum atomic E-state index is 0.261. The Bertz CT molecular complexity index is 374. The summed E-state index contributed by atoms with van der Waals surface area (Å²) in [6, 6.07) is 5.79. The number of nitrogens with one attached hydrogen (secondary N) is 1. The molecule has 1 N–H and O–H groups in total. The Balaban J connectivity index is 2.37. The third kappa shape index (κ3) is 2.15. The van der Waals surface area contributed by atoms with Crippen LogP contribution in [0.1, 0.15) is 25.3 Å². The van der Waals surface area contributed by atoms with Gasteiger partial charge in [-0.25, -0.2) is 0 Å². The first-order chi connectivity index (χ1) is 7.00. The van der Waals surface area contributed by atoms with Crippen LogP contribution in [-0.4, -0.2) is 13.1 Å². The summed E-state index contributed by atoms with van der Waals surface area (Å²) in [6.07, 6.45) is 0. The van der Waals surface area contributed by atoms with E-state index in [0.29, 0.717) is 10.9 Å². The molecule has 0 aliphatic carbocycles. The van der Waals surface area contributed by atoms with E-state index in [1.165, 1.54) is 5.56 Å². The van der Waals surface area contributed by atoms with Gasteiger partial charge in [0.1, 0.15) is 0 Å². The van der Waals surface area contributed by atoms with Crippen molar-refractivity contribution >= 4 is 23.2 Å². The summed E-state index contributed by atoms with van der Waals surface area (Å²) >= 11 is 12.1. The van der Waals surface area contributed by atoms with Crippen LogP contribution in [0.5, 0.6) is 0 Å². The van der Waals surface area contributed by atoms with E-state index in [1.54, 1.807) is 0 Å². The molecule has 1 aliphatic rings. The molecule has 1 aromatic rings. The molecule has 0 bridgehead atoms. The van der Waals surface area contributed by atoms with Gasteiger partial charge in [0.25, 0.3) is 0 Å². The Morgan fingerprint density at radius 3 is 2.60 bits per heavy atom. The molecule has 1 heterocycles. The van der Waals surface area contributed by atoms with Gasteiger partial charge in [-0.15, -0.1) is 0 Å². The Kier molecular flexibility index (Phi) is 2.98. The van der Waals surface area contributed by atoms with Crippen LogP contribution in [0, 0.1) is 5.41 Å². The molecule has 0 radical (unpaired) electrons. The second kappa shape index (κ2) is 3.97. The van der Waals surface area contributed by atoms with Gasteiger partial charge in [0, 0.05) is 29.1 Å².